The van der Waals surface area contributed by atoms with Gasteiger partial charge in [0.1, 0.15) is 0 Å². The summed E-state index contributed by atoms with van der Waals surface area (Å²) in [6.45, 7) is 7.75. The van der Waals surface area contributed by atoms with Crippen LogP contribution in [0, 0.1) is 18.7 Å². The Morgan fingerprint density at radius 1 is 1.24 bits per heavy atom. The number of halogens is 1. The molecule has 0 unspecified atom stereocenters. The average Bonchev–Trinajstić information content (AvgIpc) is 2.44. The van der Waals surface area contributed by atoms with E-state index < -0.39 is 5.82 Å². The molecule has 0 amide bonds. The van der Waals surface area contributed by atoms with E-state index in [1.807, 2.05) is 6.92 Å². The van der Waals surface area contributed by atoms with Crippen molar-refractivity contribution >= 4 is 0 Å². The lowest BCUT2D eigenvalue weighted by Gasteiger charge is -2.08. The van der Waals surface area contributed by atoms with Crippen molar-refractivity contribution in [1.29, 1.82) is 0 Å². The second-order valence-electron chi connectivity index (χ2n) is 5.41. The summed E-state index contributed by atoms with van der Waals surface area (Å²) in [5, 5.41) is 3.28. The Morgan fingerprint density at radius 3 is 2.71 bits per heavy atom. The lowest BCUT2D eigenvalue weighted by molar-refractivity contribution is 0.424. The maximum absolute atomic E-state index is 13.6. The second kappa shape index (κ2) is 7.13. The third-order valence-corrected chi connectivity index (χ3v) is 2.84. The summed E-state index contributed by atoms with van der Waals surface area (Å²) >= 11 is 0. The number of aromatic nitrogens is 2. The Labute approximate surface area is 124 Å². The first kappa shape index (κ1) is 15.4. The van der Waals surface area contributed by atoms with Crippen LogP contribution < -0.4 is 10.1 Å². The van der Waals surface area contributed by atoms with Crippen molar-refractivity contribution in [3.05, 3.63) is 47.7 Å². The van der Waals surface area contributed by atoms with Gasteiger partial charge < -0.3 is 10.1 Å². The molecule has 4 nitrogen and oxygen atoms in total. The minimum absolute atomic E-state index is 0.162. The van der Waals surface area contributed by atoms with E-state index in [-0.39, 0.29) is 11.6 Å². The van der Waals surface area contributed by atoms with Crippen LogP contribution in [0.4, 0.5) is 4.39 Å². The number of hydrogen-bond acceptors (Lipinski definition) is 4. The van der Waals surface area contributed by atoms with E-state index in [2.05, 4.69) is 29.1 Å². The van der Waals surface area contributed by atoms with Crippen molar-refractivity contribution in [3.63, 3.8) is 0 Å². The smallest absolute Gasteiger partial charge is 0.237 e. The number of aryl methyl sites for hydroxylation is 1. The van der Waals surface area contributed by atoms with Gasteiger partial charge in [0.05, 0.1) is 18.1 Å². The maximum Gasteiger partial charge on any atom is 0.237 e. The van der Waals surface area contributed by atoms with Gasteiger partial charge in [-0.05, 0) is 37.1 Å². The molecule has 112 valence electrons. The van der Waals surface area contributed by atoms with Gasteiger partial charge in [-0.25, -0.2) is 9.37 Å². The molecule has 1 N–H and O–H groups in total. The molecule has 0 saturated carbocycles. The van der Waals surface area contributed by atoms with E-state index in [4.69, 9.17) is 4.74 Å². The summed E-state index contributed by atoms with van der Waals surface area (Å²) in [7, 11) is 0. The van der Waals surface area contributed by atoms with E-state index in [9.17, 15) is 4.39 Å². The quantitative estimate of drug-likeness (QED) is 0.884. The third-order valence-electron chi connectivity index (χ3n) is 2.84. The SMILES string of the molecule is Cc1ccc(F)c(Oc2cnc(CNCC(C)C)cn2)c1. The molecule has 5 heteroatoms. The highest BCUT2D eigenvalue weighted by Gasteiger charge is 2.06. The molecule has 1 aromatic heterocycles. The second-order valence-corrected chi connectivity index (χ2v) is 5.41. The molecule has 0 atom stereocenters. The fourth-order valence-electron chi connectivity index (χ4n) is 1.78. The third kappa shape index (κ3) is 4.79. The summed E-state index contributed by atoms with van der Waals surface area (Å²) in [6, 6.07) is 4.70. The fraction of sp³-hybridized carbons (Fsp3) is 0.375. The normalized spacial score (nSPS) is 10.9. The minimum atomic E-state index is -0.412. The molecular formula is C16H20FN3O. The molecule has 21 heavy (non-hydrogen) atoms. The number of ether oxygens (including phenoxy) is 1. The van der Waals surface area contributed by atoms with Gasteiger partial charge in [0, 0.05) is 6.54 Å². The van der Waals surface area contributed by atoms with Crippen molar-refractivity contribution < 1.29 is 9.13 Å². The van der Waals surface area contributed by atoms with Crippen molar-refractivity contribution in [3.8, 4) is 11.6 Å². The van der Waals surface area contributed by atoms with Gasteiger partial charge in [0.15, 0.2) is 11.6 Å². The van der Waals surface area contributed by atoms with E-state index in [1.165, 1.54) is 12.3 Å². The summed E-state index contributed by atoms with van der Waals surface area (Å²) in [4.78, 5) is 8.40. The molecule has 0 aliphatic carbocycles. The van der Waals surface area contributed by atoms with E-state index in [0.29, 0.717) is 12.5 Å². The average molecular weight is 289 g/mol. The van der Waals surface area contributed by atoms with Crippen molar-refractivity contribution in [1.82, 2.24) is 15.3 Å². The number of benzene rings is 1. The Hall–Kier alpha value is -2.01. The van der Waals surface area contributed by atoms with Gasteiger partial charge in [0.25, 0.3) is 0 Å². The Bertz CT molecular complexity index is 585. The molecule has 0 bridgehead atoms. The Balaban J connectivity index is 1.97. The van der Waals surface area contributed by atoms with Gasteiger partial charge in [-0.2, -0.15) is 0 Å². The predicted molar refractivity (Wildman–Crippen MR) is 79.8 cm³/mol. The molecule has 0 spiro atoms. The maximum atomic E-state index is 13.6. The standard InChI is InChI=1S/C16H20FN3O/c1-11(2)7-18-8-13-9-20-16(10-19-13)21-15-6-12(3)4-5-14(15)17/h4-6,9-11,18H,7-8H2,1-3H3. The van der Waals surface area contributed by atoms with Crippen LogP contribution in [0.5, 0.6) is 11.6 Å². The largest absolute Gasteiger partial charge is 0.434 e. The van der Waals surface area contributed by atoms with Crippen LogP contribution in [0.2, 0.25) is 0 Å². The molecule has 2 aromatic rings. The summed E-state index contributed by atoms with van der Waals surface area (Å²) < 4.78 is 19.0. The predicted octanol–water partition coefficient (Wildman–Crippen LogP) is 3.46. The topological polar surface area (TPSA) is 47.0 Å². The highest BCUT2D eigenvalue weighted by atomic mass is 19.1. The monoisotopic (exact) mass is 289 g/mol. The van der Waals surface area contributed by atoms with Crippen molar-refractivity contribution in [2.45, 2.75) is 27.3 Å². The summed E-state index contributed by atoms with van der Waals surface area (Å²) in [5.74, 6) is 0.622. The van der Waals surface area contributed by atoms with Crippen LogP contribution >= 0.6 is 0 Å². The van der Waals surface area contributed by atoms with Crippen molar-refractivity contribution in [2.24, 2.45) is 5.92 Å². The number of rotatable bonds is 6. The highest BCUT2D eigenvalue weighted by Crippen LogP contribution is 2.23. The van der Waals surface area contributed by atoms with Gasteiger partial charge in [-0.3, -0.25) is 4.98 Å². The molecule has 0 saturated heterocycles. The van der Waals surface area contributed by atoms with Crippen LogP contribution in [-0.4, -0.2) is 16.5 Å². The lowest BCUT2D eigenvalue weighted by atomic mass is 10.2. The van der Waals surface area contributed by atoms with Gasteiger partial charge in [0.2, 0.25) is 5.88 Å². The Kier molecular flexibility index (Phi) is 5.22. The number of nitrogens with one attached hydrogen (secondary N) is 1. The van der Waals surface area contributed by atoms with E-state index in [1.54, 1.807) is 18.3 Å². The lowest BCUT2D eigenvalue weighted by Crippen LogP contribution is -2.19. The highest BCUT2D eigenvalue weighted by molar-refractivity contribution is 5.32. The van der Waals surface area contributed by atoms with Crippen molar-refractivity contribution in [2.75, 3.05) is 6.54 Å². The minimum Gasteiger partial charge on any atom is -0.434 e. The molecule has 0 fully saturated rings. The Morgan fingerprint density at radius 2 is 2.05 bits per heavy atom. The first-order valence-corrected chi connectivity index (χ1v) is 7.00. The molecule has 2 rings (SSSR count). The molecular weight excluding hydrogens is 269 g/mol. The zero-order chi connectivity index (χ0) is 15.2. The van der Waals surface area contributed by atoms with Gasteiger partial charge in [-0.1, -0.05) is 19.9 Å². The van der Waals surface area contributed by atoms with Crippen LogP contribution in [0.1, 0.15) is 25.1 Å². The van der Waals surface area contributed by atoms with Gasteiger partial charge >= 0.3 is 0 Å². The van der Waals surface area contributed by atoms with Crippen LogP contribution in [0.15, 0.2) is 30.6 Å². The number of hydrogen-bond donors (Lipinski definition) is 1. The molecule has 1 heterocycles. The van der Waals surface area contributed by atoms with Crippen LogP contribution in [-0.2, 0) is 6.54 Å². The summed E-state index contributed by atoms with van der Waals surface area (Å²) in [5.41, 5.74) is 1.75. The van der Waals surface area contributed by atoms with E-state index in [0.717, 1.165) is 17.8 Å². The first-order valence-electron chi connectivity index (χ1n) is 7.00. The first-order chi connectivity index (χ1) is 10.0. The fourth-order valence-corrected chi connectivity index (χ4v) is 1.78. The molecule has 0 radical (unpaired) electrons. The summed E-state index contributed by atoms with van der Waals surface area (Å²) in [6.07, 6.45) is 3.14. The number of nitrogens with zero attached hydrogens (tertiary/aromatic N) is 2. The molecule has 0 aliphatic rings. The van der Waals surface area contributed by atoms with E-state index >= 15 is 0 Å². The van der Waals surface area contributed by atoms with Gasteiger partial charge in [-0.15, -0.1) is 0 Å². The zero-order valence-corrected chi connectivity index (χ0v) is 12.6. The van der Waals surface area contributed by atoms with Crippen LogP contribution in [0.3, 0.4) is 0 Å². The van der Waals surface area contributed by atoms with Crippen LogP contribution in [0.25, 0.3) is 0 Å². The molecule has 1 aromatic carbocycles. The molecule has 0 aliphatic heterocycles. The zero-order valence-electron chi connectivity index (χ0n) is 12.6.